The van der Waals surface area contributed by atoms with Crippen molar-refractivity contribution in [1.29, 1.82) is 0 Å². The molecule has 1 unspecified atom stereocenters. The molecule has 1 aromatic carbocycles. The monoisotopic (exact) mass is 270 g/mol. The molecule has 0 bridgehead atoms. The maximum absolute atomic E-state index is 4.96. The molecule has 0 spiro atoms. The Morgan fingerprint density at radius 3 is 1.63 bits per heavy atom. The molecule has 1 aromatic rings. The molecule has 0 aliphatic carbocycles. The van der Waals surface area contributed by atoms with E-state index in [2.05, 4.69) is 6.92 Å². The van der Waals surface area contributed by atoms with Crippen molar-refractivity contribution in [3.63, 3.8) is 0 Å². The highest BCUT2D eigenvalue weighted by Gasteiger charge is 1.98. The minimum atomic E-state index is 0.620. The smallest absolute Gasteiger partial charge is 0.119 e. The van der Waals surface area contributed by atoms with Gasteiger partial charge in [0.05, 0.1) is 14.2 Å². The van der Waals surface area contributed by atoms with Crippen LogP contribution in [0.4, 0.5) is 0 Å². The quantitative estimate of drug-likeness (QED) is 0.763. The van der Waals surface area contributed by atoms with Gasteiger partial charge in [-0.05, 0) is 36.6 Å². The molecule has 0 aromatic heterocycles. The lowest BCUT2D eigenvalue weighted by molar-refractivity contribution is 0.125. The molecule has 4 nitrogen and oxygen atoms in total. The zero-order valence-corrected chi connectivity index (χ0v) is 12.6. The second-order valence-electron chi connectivity index (χ2n) is 4.22. The standard InChI is InChI=1S/C8H10O2.C7H16O2/c1-9-7-3-5-8(10-2)6-4-7;1-7(6-9-3)4-5-8-2/h3-6H,1-2H3;7H,4-6H2,1-3H3. The van der Waals surface area contributed by atoms with Crippen molar-refractivity contribution >= 4 is 0 Å². The van der Waals surface area contributed by atoms with Gasteiger partial charge in [0.15, 0.2) is 0 Å². The molecule has 0 heterocycles. The van der Waals surface area contributed by atoms with Crippen molar-refractivity contribution in [3.05, 3.63) is 24.3 Å². The van der Waals surface area contributed by atoms with E-state index in [9.17, 15) is 0 Å². The number of hydrogen-bond acceptors (Lipinski definition) is 4. The van der Waals surface area contributed by atoms with E-state index >= 15 is 0 Å². The first-order valence-corrected chi connectivity index (χ1v) is 6.33. The number of hydrogen-bond donors (Lipinski definition) is 0. The molecule has 0 fully saturated rings. The Bertz CT molecular complexity index is 275. The molecule has 0 N–H and O–H groups in total. The molecule has 1 rings (SSSR count). The van der Waals surface area contributed by atoms with Gasteiger partial charge in [0.1, 0.15) is 11.5 Å². The molecule has 0 amide bonds. The second-order valence-corrected chi connectivity index (χ2v) is 4.22. The maximum Gasteiger partial charge on any atom is 0.119 e. The predicted molar refractivity (Wildman–Crippen MR) is 77.1 cm³/mol. The third-order valence-electron chi connectivity index (χ3n) is 2.56. The molecule has 110 valence electrons. The third kappa shape index (κ3) is 9.33. The largest absolute Gasteiger partial charge is 0.497 e. The van der Waals surface area contributed by atoms with Gasteiger partial charge in [0.2, 0.25) is 0 Å². The SMILES string of the molecule is COCCC(C)COC.COc1ccc(OC)cc1. The van der Waals surface area contributed by atoms with Crippen LogP contribution in [0.15, 0.2) is 24.3 Å². The van der Waals surface area contributed by atoms with E-state index in [1.165, 1.54) is 0 Å². The summed E-state index contributed by atoms with van der Waals surface area (Å²) in [6, 6.07) is 7.44. The lowest BCUT2D eigenvalue weighted by Crippen LogP contribution is -2.06. The molecule has 0 radical (unpaired) electrons. The van der Waals surface area contributed by atoms with Gasteiger partial charge in [-0.1, -0.05) is 6.92 Å². The van der Waals surface area contributed by atoms with E-state index in [0.717, 1.165) is 31.1 Å². The van der Waals surface area contributed by atoms with Crippen molar-refractivity contribution in [2.45, 2.75) is 13.3 Å². The van der Waals surface area contributed by atoms with E-state index in [0.29, 0.717) is 5.92 Å². The van der Waals surface area contributed by atoms with E-state index in [1.807, 2.05) is 24.3 Å². The first-order chi connectivity index (χ1) is 9.17. The fourth-order valence-electron chi connectivity index (χ4n) is 1.40. The van der Waals surface area contributed by atoms with Crippen LogP contribution in [0.2, 0.25) is 0 Å². The molecule has 0 aliphatic rings. The normalized spacial score (nSPS) is 11.2. The average molecular weight is 270 g/mol. The average Bonchev–Trinajstić information content (AvgIpc) is 2.46. The first kappa shape index (κ1) is 17.7. The molecule has 0 aliphatic heterocycles. The van der Waals surface area contributed by atoms with Crippen LogP contribution in [0.3, 0.4) is 0 Å². The van der Waals surface area contributed by atoms with Crippen LogP contribution in [0.25, 0.3) is 0 Å². The van der Waals surface area contributed by atoms with Crippen molar-refractivity contribution in [3.8, 4) is 11.5 Å². The van der Waals surface area contributed by atoms with Gasteiger partial charge >= 0.3 is 0 Å². The highest BCUT2D eigenvalue weighted by Crippen LogP contribution is 2.15. The minimum Gasteiger partial charge on any atom is -0.497 e. The summed E-state index contributed by atoms with van der Waals surface area (Å²) in [6.07, 6.45) is 1.09. The summed E-state index contributed by atoms with van der Waals surface area (Å²) in [4.78, 5) is 0. The van der Waals surface area contributed by atoms with Crippen molar-refractivity contribution < 1.29 is 18.9 Å². The number of methoxy groups -OCH3 is 4. The second kappa shape index (κ2) is 11.8. The Hall–Kier alpha value is -1.26. The Balaban J connectivity index is 0.000000344. The Kier molecular flexibility index (Phi) is 11.0. The summed E-state index contributed by atoms with van der Waals surface area (Å²) >= 11 is 0. The van der Waals surface area contributed by atoms with Crippen LogP contribution in [0.1, 0.15) is 13.3 Å². The number of benzene rings is 1. The molecule has 1 atom stereocenters. The lowest BCUT2D eigenvalue weighted by atomic mass is 10.1. The fraction of sp³-hybridized carbons (Fsp3) is 0.600. The topological polar surface area (TPSA) is 36.9 Å². The summed E-state index contributed by atoms with van der Waals surface area (Å²) in [6.45, 7) is 3.83. The first-order valence-electron chi connectivity index (χ1n) is 6.33. The van der Waals surface area contributed by atoms with Gasteiger partial charge in [-0.15, -0.1) is 0 Å². The highest BCUT2D eigenvalue weighted by atomic mass is 16.5. The highest BCUT2D eigenvalue weighted by molar-refractivity contribution is 5.30. The van der Waals surface area contributed by atoms with Crippen molar-refractivity contribution in [2.75, 3.05) is 41.7 Å². The predicted octanol–water partition coefficient (Wildman–Crippen LogP) is 3.01. The minimum absolute atomic E-state index is 0.620. The molecular formula is C15H26O4. The van der Waals surface area contributed by atoms with Gasteiger partial charge in [-0.3, -0.25) is 0 Å². The van der Waals surface area contributed by atoms with Crippen LogP contribution in [0, 0.1) is 5.92 Å². The van der Waals surface area contributed by atoms with E-state index in [1.54, 1.807) is 28.4 Å². The van der Waals surface area contributed by atoms with Crippen LogP contribution in [-0.4, -0.2) is 41.7 Å². The van der Waals surface area contributed by atoms with Gasteiger partial charge in [0.25, 0.3) is 0 Å². The molecule has 0 saturated carbocycles. The van der Waals surface area contributed by atoms with E-state index in [4.69, 9.17) is 18.9 Å². The number of ether oxygens (including phenoxy) is 4. The summed E-state index contributed by atoms with van der Waals surface area (Å²) < 4.78 is 19.8. The molecular weight excluding hydrogens is 244 g/mol. The van der Waals surface area contributed by atoms with Crippen molar-refractivity contribution in [2.24, 2.45) is 5.92 Å². The fourth-order valence-corrected chi connectivity index (χ4v) is 1.40. The van der Waals surface area contributed by atoms with Gasteiger partial charge < -0.3 is 18.9 Å². The van der Waals surface area contributed by atoms with Gasteiger partial charge in [-0.25, -0.2) is 0 Å². The van der Waals surface area contributed by atoms with Crippen LogP contribution < -0.4 is 9.47 Å². The molecule has 19 heavy (non-hydrogen) atoms. The summed E-state index contributed by atoms with van der Waals surface area (Å²) in [7, 11) is 6.73. The summed E-state index contributed by atoms with van der Waals surface area (Å²) in [5.41, 5.74) is 0. The van der Waals surface area contributed by atoms with Crippen molar-refractivity contribution in [1.82, 2.24) is 0 Å². The van der Waals surface area contributed by atoms with Crippen LogP contribution in [-0.2, 0) is 9.47 Å². The summed E-state index contributed by atoms with van der Waals surface area (Å²) in [5, 5.41) is 0. The lowest BCUT2D eigenvalue weighted by Gasteiger charge is -2.07. The van der Waals surface area contributed by atoms with E-state index < -0.39 is 0 Å². The Morgan fingerprint density at radius 2 is 1.32 bits per heavy atom. The maximum atomic E-state index is 4.96. The van der Waals surface area contributed by atoms with Gasteiger partial charge in [0, 0.05) is 27.4 Å². The summed E-state index contributed by atoms with van der Waals surface area (Å²) in [5.74, 6) is 2.32. The zero-order valence-electron chi connectivity index (χ0n) is 12.6. The van der Waals surface area contributed by atoms with Crippen LogP contribution >= 0.6 is 0 Å². The van der Waals surface area contributed by atoms with Gasteiger partial charge in [-0.2, -0.15) is 0 Å². The number of rotatable bonds is 7. The van der Waals surface area contributed by atoms with Crippen LogP contribution in [0.5, 0.6) is 11.5 Å². The van der Waals surface area contributed by atoms with E-state index in [-0.39, 0.29) is 0 Å². The zero-order chi connectivity index (χ0) is 14.5. The molecule has 4 heteroatoms. The Labute approximate surface area is 116 Å². The third-order valence-corrected chi connectivity index (χ3v) is 2.56. The molecule has 0 saturated heterocycles. The Morgan fingerprint density at radius 1 is 0.842 bits per heavy atom.